The second-order valence-electron chi connectivity index (χ2n) is 10.4. The number of thiazole rings is 1. The van der Waals surface area contributed by atoms with Gasteiger partial charge in [-0.15, -0.1) is 11.3 Å². The van der Waals surface area contributed by atoms with Crippen LogP contribution in [0.15, 0.2) is 83.1 Å². The maximum atomic E-state index is 13.0. The van der Waals surface area contributed by atoms with E-state index in [4.69, 9.17) is 9.47 Å². The van der Waals surface area contributed by atoms with Gasteiger partial charge in [0.25, 0.3) is 5.91 Å². The number of hydrogen-bond donors (Lipinski definition) is 3. The fourth-order valence-electron chi connectivity index (χ4n) is 3.73. The van der Waals surface area contributed by atoms with E-state index in [1.807, 2.05) is 54.8 Å². The van der Waals surface area contributed by atoms with Gasteiger partial charge in [-0.2, -0.15) is 5.92 Å². The second-order valence-corrected chi connectivity index (χ2v) is 12.2. The van der Waals surface area contributed by atoms with E-state index in [0.29, 0.717) is 30.3 Å². The number of aliphatic hydroxyl groups is 1. The molecule has 244 valence electrons. The molecule has 3 N–H and O–H groups in total. The largest absolute Gasteiger partial charge is 1.00 e. The van der Waals surface area contributed by atoms with Crippen molar-refractivity contribution in [1.82, 2.24) is 10.3 Å². The molecule has 12 heteroatoms. The third-order valence-electron chi connectivity index (χ3n) is 5.91. The van der Waals surface area contributed by atoms with Crippen LogP contribution < -0.4 is 34.2 Å². The summed E-state index contributed by atoms with van der Waals surface area (Å²) < 4.78 is 30.7. The SMILES string of the molecule is COc1ccc([S-](=O)=O)cc1.[CH2-]C(C)C.[CH2-][C@@H](O)[C@H](Cc1ccccc1)NC(=O)c1cc(Nc2nc(COC)cs2)ccc1C.[Li+]. The number of nitrogens with zero attached hydrogens (tertiary/aromatic N) is 1. The number of methoxy groups -OCH3 is 2. The first-order valence-corrected chi connectivity index (χ1v) is 16.1. The Kier molecular flexibility index (Phi) is 19.2. The molecule has 9 nitrogen and oxygen atoms in total. The van der Waals surface area contributed by atoms with Crippen molar-refractivity contribution in [2.75, 3.05) is 19.5 Å². The fraction of sp³-hybridized carbons (Fsp3) is 0.294. The number of hydrogen-bond acceptors (Lipinski definition) is 10. The summed E-state index contributed by atoms with van der Waals surface area (Å²) in [5.41, 5.74) is 4.01. The molecule has 0 spiro atoms. The van der Waals surface area contributed by atoms with Gasteiger partial charge in [-0.3, -0.25) is 4.79 Å². The smallest absolute Gasteiger partial charge is 0.497 e. The van der Waals surface area contributed by atoms with Crippen molar-refractivity contribution >= 4 is 38.8 Å². The quantitative estimate of drug-likeness (QED) is 0.126. The minimum atomic E-state index is -2.14. The van der Waals surface area contributed by atoms with Crippen LogP contribution in [0.25, 0.3) is 0 Å². The van der Waals surface area contributed by atoms with E-state index in [1.54, 1.807) is 25.3 Å². The Morgan fingerprint density at radius 2 is 1.65 bits per heavy atom. The molecule has 3 aromatic carbocycles. The molecule has 0 aliphatic heterocycles. The summed E-state index contributed by atoms with van der Waals surface area (Å²) in [6.07, 6.45) is -0.430. The average Bonchev–Trinajstić information content (AvgIpc) is 3.45. The van der Waals surface area contributed by atoms with Gasteiger partial charge in [-0.05, 0) is 65.5 Å². The topological polar surface area (TPSA) is 127 Å². The minimum Gasteiger partial charge on any atom is -0.497 e. The summed E-state index contributed by atoms with van der Waals surface area (Å²) in [5.74, 6) is 0.984. The standard InChI is InChI=1S/C23H26N3O3S.C7H7O3S.C4H9.Li/c1-15-9-10-18(24-23-25-19(13-29-3)14-30-23)12-20(15)22(28)26-21(16(2)27)11-17-7-5-4-6-8-17;1-10-6-2-4-7(5-3-6)11(8)9;1-4(2)3;/h4-10,12,14,16,21,27H,2,11,13H2,1,3H3,(H,24,25)(H,26,28);2-5H,1H3;4H,1H2,2-3H3;/q3*-1;+1/t16-,21+;;;/m1.../s1. The summed E-state index contributed by atoms with van der Waals surface area (Å²) in [4.78, 5) is 17.7. The summed E-state index contributed by atoms with van der Waals surface area (Å²) in [6.45, 7) is 13.8. The molecule has 1 aromatic heterocycles. The predicted octanol–water partition coefficient (Wildman–Crippen LogP) is 3.72. The number of carbonyl (C=O) groups excluding carboxylic acids is 1. The Bertz CT molecular complexity index is 1520. The van der Waals surface area contributed by atoms with Gasteiger partial charge in [0.1, 0.15) is 5.75 Å². The van der Waals surface area contributed by atoms with Crippen molar-refractivity contribution in [3.05, 3.63) is 114 Å². The molecule has 0 fully saturated rings. The molecule has 0 aliphatic carbocycles. The molecule has 46 heavy (non-hydrogen) atoms. The summed E-state index contributed by atoms with van der Waals surface area (Å²) in [5, 5.41) is 18.9. The van der Waals surface area contributed by atoms with Crippen molar-refractivity contribution in [3.8, 4) is 5.75 Å². The second kappa shape index (κ2) is 21.6. The predicted molar refractivity (Wildman–Crippen MR) is 180 cm³/mol. The molecule has 2 atom stereocenters. The molecule has 1 heterocycles. The number of aromatic nitrogens is 1. The maximum absolute atomic E-state index is 13.0. The molecule has 4 aromatic rings. The molecule has 0 saturated carbocycles. The zero-order valence-electron chi connectivity index (χ0n) is 27.3. The van der Waals surface area contributed by atoms with Gasteiger partial charge >= 0.3 is 18.9 Å². The molecule has 0 unspecified atom stereocenters. The normalized spacial score (nSPS) is 11.6. The van der Waals surface area contributed by atoms with Crippen LogP contribution in [0.1, 0.15) is 41.0 Å². The zero-order valence-corrected chi connectivity index (χ0v) is 29.0. The summed E-state index contributed by atoms with van der Waals surface area (Å²) in [6, 6.07) is 21.0. The number of benzene rings is 3. The zero-order chi connectivity index (χ0) is 33.4. The van der Waals surface area contributed by atoms with Gasteiger partial charge < -0.3 is 47.5 Å². The molecular formula is C34H42LiN3O6S2-2. The minimum absolute atomic E-state index is 0. The van der Waals surface area contributed by atoms with Crippen molar-refractivity contribution in [2.24, 2.45) is 5.92 Å². The Hall–Kier alpha value is -3.17. The maximum Gasteiger partial charge on any atom is 1.00 e. The van der Waals surface area contributed by atoms with Crippen LogP contribution in [-0.2, 0) is 36.9 Å². The van der Waals surface area contributed by atoms with Gasteiger partial charge in [-0.1, -0.05) is 67.3 Å². The number of aliphatic hydroxyl groups excluding tert-OH is 1. The van der Waals surface area contributed by atoms with Crippen molar-refractivity contribution in [1.29, 1.82) is 0 Å². The van der Waals surface area contributed by atoms with E-state index in [1.165, 1.54) is 30.6 Å². The number of ether oxygens (including phenoxy) is 2. The first kappa shape index (κ1) is 40.9. The van der Waals surface area contributed by atoms with Crippen LogP contribution >= 0.6 is 11.3 Å². The van der Waals surface area contributed by atoms with Gasteiger partial charge in [-0.25, -0.2) is 4.98 Å². The van der Waals surface area contributed by atoms with Gasteiger partial charge in [0, 0.05) is 29.8 Å². The van der Waals surface area contributed by atoms with E-state index in [-0.39, 0.29) is 29.7 Å². The van der Waals surface area contributed by atoms with Crippen LogP contribution in [0, 0.1) is 26.7 Å². The van der Waals surface area contributed by atoms with E-state index >= 15 is 0 Å². The van der Waals surface area contributed by atoms with Gasteiger partial charge in [0.05, 0.1) is 19.4 Å². The van der Waals surface area contributed by atoms with E-state index in [9.17, 15) is 18.3 Å². The van der Waals surface area contributed by atoms with Crippen LogP contribution in [0.3, 0.4) is 0 Å². The molecule has 0 radical (unpaired) electrons. The molecule has 0 saturated heterocycles. The molecule has 0 aliphatic rings. The number of aryl methyl sites for hydroxylation is 1. The van der Waals surface area contributed by atoms with Crippen molar-refractivity contribution in [3.63, 3.8) is 0 Å². The van der Waals surface area contributed by atoms with Crippen molar-refractivity contribution < 1.29 is 46.7 Å². The number of amides is 1. The van der Waals surface area contributed by atoms with E-state index in [0.717, 1.165) is 27.6 Å². The third kappa shape index (κ3) is 14.9. The van der Waals surface area contributed by atoms with Crippen LogP contribution in [0.2, 0.25) is 0 Å². The van der Waals surface area contributed by atoms with Gasteiger partial charge in [0.2, 0.25) is 0 Å². The third-order valence-corrected chi connectivity index (χ3v) is 7.37. The first-order valence-electron chi connectivity index (χ1n) is 14.2. The van der Waals surface area contributed by atoms with Crippen molar-refractivity contribution in [2.45, 2.75) is 50.8 Å². The molecule has 1 amide bonds. The number of carbonyl (C=O) groups is 1. The Balaban J connectivity index is 0.000000549. The number of nitrogens with one attached hydrogen (secondary N) is 2. The Morgan fingerprint density at radius 3 is 2.20 bits per heavy atom. The Morgan fingerprint density at radius 1 is 1.02 bits per heavy atom. The fourth-order valence-corrected chi connectivity index (χ4v) is 4.80. The van der Waals surface area contributed by atoms with Crippen LogP contribution in [0.5, 0.6) is 5.75 Å². The monoisotopic (exact) mass is 659 g/mol. The van der Waals surface area contributed by atoms with Crippen LogP contribution in [0.4, 0.5) is 10.8 Å². The molecule has 0 bridgehead atoms. The molecule has 4 rings (SSSR count). The van der Waals surface area contributed by atoms with Crippen LogP contribution in [-0.4, -0.2) is 42.4 Å². The summed E-state index contributed by atoms with van der Waals surface area (Å²) in [7, 11) is 1.02. The summed E-state index contributed by atoms with van der Waals surface area (Å²) >= 11 is 1.47. The average molecular weight is 660 g/mol. The number of rotatable bonds is 11. The van der Waals surface area contributed by atoms with E-state index < -0.39 is 22.8 Å². The van der Waals surface area contributed by atoms with E-state index in [2.05, 4.69) is 43.3 Å². The number of anilines is 2. The molecular weight excluding hydrogens is 617 g/mol. The Labute approximate surface area is 290 Å². The first-order chi connectivity index (χ1) is 21.4. The van der Waals surface area contributed by atoms with Gasteiger partial charge in [0.15, 0.2) is 5.13 Å².